The lowest BCUT2D eigenvalue weighted by molar-refractivity contribution is -0.115. The molecule has 0 aliphatic heterocycles. The first-order valence-electron chi connectivity index (χ1n) is 6.38. The number of fused-ring (bicyclic) bond motifs is 1. The van der Waals surface area contributed by atoms with Crippen LogP contribution in [0, 0.1) is 6.92 Å². The van der Waals surface area contributed by atoms with Gasteiger partial charge in [-0.3, -0.25) is 18.8 Å². The summed E-state index contributed by atoms with van der Waals surface area (Å²) in [7, 11) is 0. The summed E-state index contributed by atoms with van der Waals surface area (Å²) in [6.45, 7) is 6.70. The fourth-order valence-electron chi connectivity index (χ4n) is 2.04. The molecule has 2 heterocycles. The van der Waals surface area contributed by atoms with E-state index in [1.807, 2.05) is 20.8 Å². The van der Waals surface area contributed by atoms with Crippen LogP contribution in [0.1, 0.15) is 19.5 Å². The largest absolute Gasteiger partial charge is 0.369 e. The van der Waals surface area contributed by atoms with E-state index in [9.17, 15) is 9.59 Å². The van der Waals surface area contributed by atoms with Crippen LogP contribution in [0.15, 0.2) is 9.95 Å². The van der Waals surface area contributed by atoms with Gasteiger partial charge in [0.25, 0.3) is 5.56 Å². The summed E-state index contributed by atoms with van der Waals surface area (Å²) < 4.78 is 3.21. The molecule has 0 aliphatic carbocycles. The number of aryl methyl sites for hydroxylation is 2. The number of primary amides is 1. The second-order valence-corrected chi connectivity index (χ2v) is 5.24. The first-order valence-corrected chi connectivity index (χ1v) is 7.37. The van der Waals surface area contributed by atoms with Gasteiger partial charge < -0.3 is 5.73 Å². The summed E-state index contributed by atoms with van der Waals surface area (Å²) in [6.07, 6.45) is 0. The topological polar surface area (TPSA) is 95.8 Å². The second kappa shape index (κ2) is 5.66. The van der Waals surface area contributed by atoms with E-state index in [2.05, 4.69) is 10.1 Å². The Morgan fingerprint density at radius 2 is 2.05 bits per heavy atom. The van der Waals surface area contributed by atoms with Gasteiger partial charge in [0.1, 0.15) is 5.52 Å². The van der Waals surface area contributed by atoms with Crippen molar-refractivity contribution in [1.29, 1.82) is 0 Å². The number of amides is 1. The van der Waals surface area contributed by atoms with E-state index in [1.54, 1.807) is 9.25 Å². The number of hydrogen-bond acceptors (Lipinski definition) is 5. The van der Waals surface area contributed by atoms with Gasteiger partial charge in [-0.2, -0.15) is 5.10 Å². The van der Waals surface area contributed by atoms with Crippen LogP contribution in [0.4, 0.5) is 0 Å². The Bertz CT molecular complexity index is 719. The smallest absolute Gasteiger partial charge is 0.280 e. The first-order chi connectivity index (χ1) is 9.49. The average molecular weight is 295 g/mol. The Labute approximate surface area is 120 Å². The van der Waals surface area contributed by atoms with E-state index in [4.69, 9.17) is 5.73 Å². The van der Waals surface area contributed by atoms with Gasteiger partial charge >= 0.3 is 0 Å². The number of nitrogens with zero attached hydrogens (tertiary/aromatic N) is 4. The summed E-state index contributed by atoms with van der Waals surface area (Å²) in [6, 6.07) is 0. The Morgan fingerprint density at radius 3 is 2.60 bits per heavy atom. The highest BCUT2D eigenvalue weighted by Crippen LogP contribution is 2.19. The van der Waals surface area contributed by atoms with Gasteiger partial charge in [-0.15, -0.1) is 0 Å². The lowest BCUT2D eigenvalue weighted by Crippen LogP contribution is -2.25. The van der Waals surface area contributed by atoms with E-state index >= 15 is 0 Å². The normalized spacial score (nSPS) is 11.2. The third kappa shape index (κ3) is 2.43. The molecule has 2 rings (SSSR count). The minimum Gasteiger partial charge on any atom is -0.369 e. The molecule has 108 valence electrons. The predicted molar refractivity (Wildman–Crippen MR) is 77.8 cm³/mol. The van der Waals surface area contributed by atoms with Crippen LogP contribution < -0.4 is 11.3 Å². The number of hydrogen-bond donors (Lipinski definition) is 1. The van der Waals surface area contributed by atoms with Crippen LogP contribution >= 0.6 is 11.8 Å². The second-order valence-electron chi connectivity index (χ2n) is 4.30. The molecule has 0 aliphatic rings. The Morgan fingerprint density at radius 1 is 1.35 bits per heavy atom. The number of carbonyl (C=O) groups is 1. The molecule has 2 N–H and O–H groups in total. The van der Waals surface area contributed by atoms with Gasteiger partial charge in [0.15, 0.2) is 10.7 Å². The number of nitrogens with two attached hydrogens (primary N) is 1. The molecule has 1 amide bonds. The van der Waals surface area contributed by atoms with Crippen molar-refractivity contribution < 1.29 is 4.79 Å². The molecule has 20 heavy (non-hydrogen) atoms. The lowest BCUT2D eigenvalue weighted by atomic mass is 10.3. The van der Waals surface area contributed by atoms with Gasteiger partial charge in [-0.25, -0.2) is 4.98 Å². The van der Waals surface area contributed by atoms with Gasteiger partial charge in [-0.1, -0.05) is 11.8 Å². The molecular weight excluding hydrogens is 278 g/mol. The van der Waals surface area contributed by atoms with Crippen LogP contribution in [0.2, 0.25) is 0 Å². The van der Waals surface area contributed by atoms with E-state index < -0.39 is 5.91 Å². The molecule has 0 saturated heterocycles. The third-order valence-electron chi connectivity index (χ3n) is 2.94. The highest BCUT2D eigenvalue weighted by molar-refractivity contribution is 7.99. The van der Waals surface area contributed by atoms with Crippen molar-refractivity contribution in [1.82, 2.24) is 19.3 Å². The van der Waals surface area contributed by atoms with Crippen molar-refractivity contribution in [3.8, 4) is 0 Å². The minimum atomic E-state index is -0.437. The predicted octanol–water partition coefficient (Wildman–Crippen LogP) is 0.519. The monoisotopic (exact) mass is 295 g/mol. The van der Waals surface area contributed by atoms with Gasteiger partial charge in [0, 0.05) is 13.1 Å². The maximum atomic E-state index is 12.6. The van der Waals surface area contributed by atoms with Crippen LogP contribution in [0.25, 0.3) is 11.0 Å². The SMILES string of the molecule is CCn1c(SCC(N)=O)nc2c(C)nn(CC)c2c1=O. The van der Waals surface area contributed by atoms with Crippen molar-refractivity contribution >= 4 is 28.7 Å². The number of thioether (sulfide) groups is 1. The van der Waals surface area contributed by atoms with Gasteiger partial charge in [-0.05, 0) is 20.8 Å². The molecule has 2 aromatic heterocycles. The summed E-state index contributed by atoms with van der Waals surface area (Å²) >= 11 is 1.17. The first kappa shape index (κ1) is 14.6. The molecule has 7 nitrogen and oxygen atoms in total. The van der Waals surface area contributed by atoms with Crippen LogP contribution in [0.3, 0.4) is 0 Å². The van der Waals surface area contributed by atoms with E-state index in [0.717, 1.165) is 0 Å². The van der Waals surface area contributed by atoms with Gasteiger partial charge in [0.05, 0.1) is 11.4 Å². The maximum Gasteiger partial charge on any atom is 0.280 e. The average Bonchev–Trinajstić information content (AvgIpc) is 2.73. The summed E-state index contributed by atoms with van der Waals surface area (Å²) in [5, 5.41) is 4.82. The summed E-state index contributed by atoms with van der Waals surface area (Å²) in [4.78, 5) is 27.9. The zero-order valence-electron chi connectivity index (χ0n) is 11.7. The van der Waals surface area contributed by atoms with E-state index in [-0.39, 0.29) is 11.3 Å². The van der Waals surface area contributed by atoms with Crippen molar-refractivity contribution in [2.75, 3.05) is 5.75 Å². The van der Waals surface area contributed by atoms with Crippen molar-refractivity contribution in [2.45, 2.75) is 39.0 Å². The van der Waals surface area contributed by atoms with Crippen molar-refractivity contribution in [3.05, 3.63) is 16.0 Å². The zero-order chi connectivity index (χ0) is 14.9. The molecule has 0 bridgehead atoms. The summed E-state index contributed by atoms with van der Waals surface area (Å²) in [5.74, 6) is -0.341. The Kier molecular flexibility index (Phi) is 4.12. The third-order valence-corrected chi connectivity index (χ3v) is 3.94. The zero-order valence-corrected chi connectivity index (χ0v) is 12.5. The molecule has 0 spiro atoms. The standard InChI is InChI=1S/C12H17N5O2S/c1-4-16-11(19)10-9(7(3)15-17(10)5-2)14-12(16)20-6-8(13)18/h4-6H2,1-3H3,(H2,13,18). The molecule has 0 saturated carbocycles. The molecule has 0 aromatic carbocycles. The number of rotatable bonds is 5. The quantitative estimate of drug-likeness (QED) is 0.641. The molecule has 8 heteroatoms. The number of aromatic nitrogens is 4. The van der Waals surface area contributed by atoms with E-state index in [0.29, 0.717) is 35.0 Å². The lowest BCUT2D eigenvalue weighted by Gasteiger charge is -2.09. The fourth-order valence-corrected chi connectivity index (χ4v) is 2.84. The Hall–Kier alpha value is -1.83. The maximum absolute atomic E-state index is 12.6. The molecule has 2 aromatic rings. The molecule has 0 radical (unpaired) electrons. The number of carbonyl (C=O) groups excluding carboxylic acids is 1. The molecule has 0 fully saturated rings. The fraction of sp³-hybridized carbons (Fsp3) is 0.500. The highest BCUT2D eigenvalue weighted by Gasteiger charge is 2.17. The van der Waals surface area contributed by atoms with Crippen LogP contribution in [0.5, 0.6) is 0 Å². The molecule has 0 atom stereocenters. The highest BCUT2D eigenvalue weighted by atomic mass is 32.2. The summed E-state index contributed by atoms with van der Waals surface area (Å²) in [5.41, 5.74) is 6.83. The van der Waals surface area contributed by atoms with E-state index in [1.165, 1.54) is 11.8 Å². The van der Waals surface area contributed by atoms with Gasteiger partial charge in [0.2, 0.25) is 5.91 Å². The van der Waals surface area contributed by atoms with Crippen molar-refractivity contribution in [3.63, 3.8) is 0 Å². The molecule has 0 unspecified atom stereocenters. The van der Waals surface area contributed by atoms with Crippen molar-refractivity contribution in [2.24, 2.45) is 5.73 Å². The molecular formula is C12H17N5O2S. The Balaban J connectivity index is 2.68. The minimum absolute atomic E-state index is 0.0961. The van der Waals surface area contributed by atoms with Crippen LogP contribution in [-0.2, 0) is 17.9 Å². The van der Waals surface area contributed by atoms with Crippen LogP contribution in [-0.4, -0.2) is 31.0 Å².